The van der Waals surface area contributed by atoms with Crippen molar-refractivity contribution in [3.8, 4) is 0 Å². The minimum Gasteiger partial charge on any atom is -0.481 e. The zero-order chi connectivity index (χ0) is 21.7. The molecule has 0 amide bonds. The summed E-state index contributed by atoms with van der Waals surface area (Å²) < 4.78 is 56.6. The fourth-order valence-electron chi connectivity index (χ4n) is 3.38. The monoisotopic (exact) mass is 531 g/mol. The molecular formula is C18H9BrCl3F4NO2. The number of carboxylic acids is 1. The van der Waals surface area contributed by atoms with Gasteiger partial charge in [0.2, 0.25) is 0 Å². The normalized spacial score (nSPS) is 24.1. The van der Waals surface area contributed by atoms with Gasteiger partial charge in [-0.1, -0.05) is 40.9 Å². The average Bonchev–Trinajstić information content (AvgIpc) is 3.03. The highest BCUT2D eigenvalue weighted by atomic mass is 79.9. The van der Waals surface area contributed by atoms with Gasteiger partial charge in [0, 0.05) is 6.21 Å². The van der Waals surface area contributed by atoms with Gasteiger partial charge in [-0.3, -0.25) is 9.79 Å². The molecular weight excluding hydrogens is 524 g/mol. The Balaban J connectivity index is 2.26. The second-order valence-corrected chi connectivity index (χ2v) is 8.38. The van der Waals surface area contributed by atoms with Gasteiger partial charge < -0.3 is 5.11 Å². The molecule has 0 saturated carbocycles. The second-order valence-electron chi connectivity index (χ2n) is 6.33. The van der Waals surface area contributed by atoms with Crippen molar-refractivity contribution in [1.82, 2.24) is 0 Å². The van der Waals surface area contributed by atoms with Crippen LogP contribution in [0.1, 0.15) is 17.2 Å². The molecule has 0 fully saturated rings. The smallest absolute Gasteiger partial charge is 0.404 e. The molecule has 0 unspecified atom stereocenters. The number of rotatable bonds is 3. The van der Waals surface area contributed by atoms with Gasteiger partial charge >= 0.3 is 12.1 Å². The van der Waals surface area contributed by atoms with Gasteiger partial charge in [0.1, 0.15) is 17.2 Å². The number of carbonyl (C=O) groups is 1. The number of hydrogen-bond donors (Lipinski definition) is 1. The number of carboxylic acid groups (broad SMARTS) is 1. The summed E-state index contributed by atoms with van der Waals surface area (Å²) >= 11 is 20.6. The minimum atomic E-state index is -5.06. The zero-order valence-corrected chi connectivity index (χ0v) is 17.8. The SMILES string of the molecule is O=C(O)[C@H]1[C@H](c2ccc(F)c(Br)c2)N=C[C@]1(c1cc(Cl)c(Cl)c(Cl)c1)C(F)(F)F. The first-order chi connectivity index (χ1) is 13.4. The Labute approximate surface area is 185 Å². The highest BCUT2D eigenvalue weighted by Crippen LogP contribution is 2.55. The van der Waals surface area contributed by atoms with E-state index in [-0.39, 0.29) is 25.1 Å². The summed E-state index contributed by atoms with van der Waals surface area (Å²) in [5.74, 6) is -4.48. The lowest BCUT2D eigenvalue weighted by Crippen LogP contribution is -2.51. The highest BCUT2D eigenvalue weighted by Gasteiger charge is 2.66. The van der Waals surface area contributed by atoms with Crippen molar-refractivity contribution < 1.29 is 27.5 Å². The highest BCUT2D eigenvalue weighted by molar-refractivity contribution is 9.10. The molecule has 3 atom stereocenters. The molecule has 2 aromatic rings. The van der Waals surface area contributed by atoms with Crippen molar-refractivity contribution >= 4 is 62.9 Å². The van der Waals surface area contributed by atoms with Crippen molar-refractivity contribution in [3.63, 3.8) is 0 Å². The number of benzene rings is 2. The Kier molecular flexibility index (Phi) is 5.95. The molecule has 0 radical (unpaired) electrons. The largest absolute Gasteiger partial charge is 0.481 e. The van der Waals surface area contributed by atoms with E-state index >= 15 is 0 Å². The maximum absolute atomic E-state index is 14.4. The van der Waals surface area contributed by atoms with Crippen LogP contribution in [0.3, 0.4) is 0 Å². The minimum absolute atomic E-state index is 0.0311. The van der Waals surface area contributed by atoms with Crippen LogP contribution in [0.5, 0.6) is 0 Å². The van der Waals surface area contributed by atoms with Crippen molar-refractivity contribution in [2.24, 2.45) is 10.9 Å². The van der Waals surface area contributed by atoms with Crippen LogP contribution in [0.2, 0.25) is 15.1 Å². The van der Waals surface area contributed by atoms with Gasteiger partial charge in [-0.15, -0.1) is 0 Å². The van der Waals surface area contributed by atoms with E-state index in [1.54, 1.807) is 0 Å². The zero-order valence-electron chi connectivity index (χ0n) is 13.9. The van der Waals surface area contributed by atoms with Crippen LogP contribution in [0.15, 0.2) is 39.8 Å². The predicted octanol–water partition coefficient (Wildman–Crippen LogP) is 6.88. The van der Waals surface area contributed by atoms with E-state index in [0.717, 1.165) is 18.2 Å². The Morgan fingerprint density at radius 2 is 1.72 bits per heavy atom. The van der Waals surface area contributed by atoms with Gasteiger partial charge in [0.05, 0.1) is 25.6 Å². The van der Waals surface area contributed by atoms with Crippen LogP contribution in [0.4, 0.5) is 17.6 Å². The predicted molar refractivity (Wildman–Crippen MR) is 106 cm³/mol. The molecule has 1 aliphatic heterocycles. The molecule has 11 heteroatoms. The lowest BCUT2D eigenvalue weighted by atomic mass is 9.68. The van der Waals surface area contributed by atoms with Gasteiger partial charge in [-0.25, -0.2) is 4.39 Å². The molecule has 0 aliphatic carbocycles. The molecule has 29 heavy (non-hydrogen) atoms. The summed E-state index contributed by atoms with van der Waals surface area (Å²) in [5.41, 5.74) is -3.44. The second kappa shape index (κ2) is 7.72. The summed E-state index contributed by atoms with van der Waals surface area (Å²) in [6, 6.07) is 3.81. The maximum Gasteiger partial charge on any atom is 0.404 e. The molecule has 1 N–H and O–H groups in total. The van der Waals surface area contributed by atoms with Gasteiger partial charge in [-0.05, 0) is 51.3 Å². The number of alkyl halides is 3. The molecule has 154 valence electrons. The summed E-state index contributed by atoms with van der Waals surface area (Å²) in [4.78, 5) is 15.9. The van der Waals surface area contributed by atoms with Crippen molar-refractivity contribution in [1.29, 1.82) is 0 Å². The summed E-state index contributed by atoms with van der Waals surface area (Å²) in [7, 11) is 0. The lowest BCUT2D eigenvalue weighted by molar-refractivity contribution is -0.190. The Morgan fingerprint density at radius 1 is 1.14 bits per heavy atom. The third kappa shape index (κ3) is 3.65. The molecule has 0 bridgehead atoms. The van der Waals surface area contributed by atoms with Gasteiger partial charge in [-0.2, -0.15) is 13.2 Å². The standard InChI is InChI=1S/C18H9BrCl3F4NO2/c19-9-3-7(1-2-12(9)23)15-13(16(28)29)17(6-27-15,18(24,25)26)8-4-10(20)14(22)11(21)5-8/h1-6,13,15H,(H,28,29)/t13-,15+,17-/m1/s1. The molecule has 3 rings (SSSR count). The fraction of sp³-hybridized carbons (Fsp3) is 0.222. The van der Waals surface area contributed by atoms with Crippen LogP contribution in [-0.2, 0) is 10.2 Å². The van der Waals surface area contributed by atoms with Crippen LogP contribution < -0.4 is 0 Å². The van der Waals surface area contributed by atoms with Crippen LogP contribution in [-0.4, -0.2) is 23.5 Å². The Morgan fingerprint density at radius 3 is 2.21 bits per heavy atom. The van der Waals surface area contributed by atoms with Crippen LogP contribution in [0.25, 0.3) is 0 Å². The van der Waals surface area contributed by atoms with Crippen molar-refractivity contribution in [2.45, 2.75) is 17.6 Å². The summed E-state index contributed by atoms with van der Waals surface area (Å²) in [6.45, 7) is 0. The Hall–Kier alpha value is -1.35. The van der Waals surface area contributed by atoms with Gasteiger partial charge in [0.25, 0.3) is 0 Å². The Bertz CT molecular complexity index is 1010. The third-order valence-corrected chi connectivity index (χ3v) is 6.53. The molecule has 1 aliphatic rings. The molecule has 1 heterocycles. The first kappa shape index (κ1) is 22.3. The average molecular weight is 534 g/mol. The van der Waals surface area contributed by atoms with E-state index < -0.39 is 40.9 Å². The van der Waals surface area contributed by atoms with Crippen molar-refractivity contribution in [2.75, 3.05) is 0 Å². The first-order valence-corrected chi connectivity index (χ1v) is 9.76. The summed E-state index contributed by atoms with van der Waals surface area (Å²) in [5, 5.41) is 9.09. The summed E-state index contributed by atoms with van der Waals surface area (Å²) in [6.07, 6.45) is -4.52. The van der Waals surface area contributed by atoms with E-state index in [2.05, 4.69) is 20.9 Å². The van der Waals surface area contributed by atoms with E-state index in [0.29, 0.717) is 6.21 Å². The maximum atomic E-state index is 14.4. The van der Waals surface area contributed by atoms with Gasteiger partial charge in [0.15, 0.2) is 0 Å². The van der Waals surface area contributed by atoms with Crippen molar-refractivity contribution in [3.05, 3.63) is 66.8 Å². The molecule has 0 spiro atoms. The fourth-order valence-corrected chi connectivity index (χ4v) is 4.37. The van der Waals surface area contributed by atoms with E-state index in [9.17, 15) is 27.5 Å². The number of aliphatic carboxylic acids is 1. The van der Waals surface area contributed by atoms with E-state index in [4.69, 9.17) is 34.8 Å². The van der Waals surface area contributed by atoms with Crippen LogP contribution in [0, 0.1) is 11.7 Å². The number of nitrogens with zero attached hydrogens (tertiary/aromatic N) is 1. The molecule has 2 aromatic carbocycles. The lowest BCUT2D eigenvalue weighted by Gasteiger charge is -2.35. The number of aliphatic imine (C=N–C) groups is 1. The van der Waals surface area contributed by atoms with E-state index in [1.165, 1.54) is 12.1 Å². The molecule has 0 saturated heterocycles. The molecule has 3 nitrogen and oxygen atoms in total. The third-order valence-electron chi connectivity index (χ3n) is 4.73. The van der Waals surface area contributed by atoms with Crippen LogP contribution >= 0.6 is 50.7 Å². The molecule has 0 aromatic heterocycles. The number of halogens is 8. The topological polar surface area (TPSA) is 49.7 Å². The quantitative estimate of drug-likeness (QED) is 0.346. The number of hydrogen-bond acceptors (Lipinski definition) is 2. The first-order valence-electron chi connectivity index (χ1n) is 7.84. The van der Waals surface area contributed by atoms with E-state index in [1.807, 2.05) is 0 Å².